The number of hydrogen-bond acceptors (Lipinski definition) is 5. The van der Waals surface area contributed by atoms with E-state index in [4.69, 9.17) is 31.5 Å². The summed E-state index contributed by atoms with van der Waals surface area (Å²) in [5.41, 5.74) is 8.43. The summed E-state index contributed by atoms with van der Waals surface area (Å²) in [5, 5.41) is 0.310. The van der Waals surface area contributed by atoms with E-state index >= 15 is 0 Å². The second-order valence-corrected chi connectivity index (χ2v) is 6.28. The Hall–Kier alpha value is -2.60. The van der Waals surface area contributed by atoms with Gasteiger partial charge in [-0.25, -0.2) is 0 Å². The van der Waals surface area contributed by atoms with Gasteiger partial charge in [0, 0.05) is 19.7 Å². The second-order valence-electron chi connectivity index (χ2n) is 5.87. The van der Waals surface area contributed by atoms with Crippen molar-refractivity contribution in [1.82, 2.24) is 4.90 Å². The van der Waals surface area contributed by atoms with E-state index in [0.29, 0.717) is 40.1 Å². The van der Waals surface area contributed by atoms with Gasteiger partial charge >= 0.3 is 0 Å². The van der Waals surface area contributed by atoms with Crippen LogP contribution in [0.2, 0.25) is 5.02 Å². The molecular formula is C19H23ClN2O4. The standard InChI is InChI=1S/C19H23ClN2O4/c1-11-6-17(25-4)18(26-5)7-12(11)10-22(2)19(23)13-8-14(20)15(21)9-16(13)24-3/h6-9H,10,21H2,1-5H3. The number of amides is 1. The molecule has 2 N–H and O–H groups in total. The first-order valence-corrected chi connectivity index (χ1v) is 8.30. The van der Waals surface area contributed by atoms with Crippen molar-refractivity contribution in [3.05, 3.63) is 46.0 Å². The highest BCUT2D eigenvalue weighted by molar-refractivity contribution is 6.33. The Morgan fingerprint density at radius 2 is 1.62 bits per heavy atom. The van der Waals surface area contributed by atoms with Crippen LogP contribution in [0.5, 0.6) is 17.2 Å². The highest BCUT2D eigenvalue weighted by Crippen LogP contribution is 2.32. The molecule has 0 atom stereocenters. The summed E-state index contributed by atoms with van der Waals surface area (Å²) in [6.07, 6.45) is 0. The van der Waals surface area contributed by atoms with Gasteiger partial charge in [-0.2, -0.15) is 0 Å². The molecule has 0 aliphatic heterocycles. The molecule has 0 fully saturated rings. The van der Waals surface area contributed by atoms with Crippen molar-refractivity contribution < 1.29 is 19.0 Å². The number of ether oxygens (including phenoxy) is 3. The number of nitrogens with two attached hydrogens (primary N) is 1. The lowest BCUT2D eigenvalue weighted by molar-refractivity contribution is 0.0781. The summed E-state index contributed by atoms with van der Waals surface area (Å²) >= 11 is 6.07. The van der Waals surface area contributed by atoms with Crippen LogP contribution in [0.4, 0.5) is 5.69 Å². The monoisotopic (exact) mass is 378 g/mol. The molecule has 0 aromatic heterocycles. The van der Waals surface area contributed by atoms with Gasteiger partial charge in [0.1, 0.15) is 5.75 Å². The molecule has 0 aliphatic carbocycles. The van der Waals surface area contributed by atoms with E-state index in [9.17, 15) is 4.79 Å². The average Bonchev–Trinajstić information content (AvgIpc) is 2.63. The molecule has 0 saturated heterocycles. The van der Waals surface area contributed by atoms with Crippen molar-refractivity contribution in [2.24, 2.45) is 0 Å². The highest BCUT2D eigenvalue weighted by Gasteiger charge is 2.20. The van der Waals surface area contributed by atoms with E-state index in [1.165, 1.54) is 13.2 Å². The number of anilines is 1. The van der Waals surface area contributed by atoms with Crippen LogP contribution in [-0.4, -0.2) is 39.2 Å². The lowest BCUT2D eigenvalue weighted by Gasteiger charge is -2.21. The normalized spacial score (nSPS) is 10.4. The molecule has 0 bridgehead atoms. The lowest BCUT2D eigenvalue weighted by atomic mass is 10.1. The Morgan fingerprint density at radius 1 is 1.04 bits per heavy atom. The van der Waals surface area contributed by atoms with Crippen molar-refractivity contribution in [2.45, 2.75) is 13.5 Å². The number of carbonyl (C=O) groups is 1. The molecule has 6 nitrogen and oxygen atoms in total. The Balaban J connectivity index is 2.32. The van der Waals surface area contributed by atoms with Crippen LogP contribution in [-0.2, 0) is 6.54 Å². The first-order chi connectivity index (χ1) is 12.3. The predicted octanol–water partition coefficient (Wildman–Crippen LogP) is 3.53. The van der Waals surface area contributed by atoms with E-state index < -0.39 is 0 Å². The van der Waals surface area contributed by atoms with Crippen LogP contribution in [0, 0.1) is 6.92 Å². The van der Waals surface area contributed by atoms with Gasteiger partial charge in [-0.3, -0.25) is 4.79 Å². The van der Waals surface area contributed by atoms with Crippen molar-refractivity contribution in [2.75, 3.05) is 34.1 Å². The van der Waals surface area contributed by atoms with Gasteiger partial charge in [0.15, 0.2) is 11.5 Å². The van der Waals surface area contributed by atoms with Crippen LogP contribution in [0.25, 0.3) is 0 Å². The van der Waals surface area contributed by atoms with Crippen molar-refractivity contribution >= 4 is 23.2 Å². The number of nitrogens with zero attached hydrogens (tertiary/aromatic N) is 1. The third-order valence-electron chi connectivity index (χ3n) is 4.15. The van der Waals surface area contributed by atoms with E-state index in [0.717, 1.165) is 11.1 Å². The molecule has 0 heterocycles. The van der Waals surface area contributed by atoms with Gasteiger partial charge in [0.05, 0.1) is 37.6 Å². The molecule has 1 amide bonds. The van der Waals surface area contributed by atoms with Gasteiger partial charge in [-0.15, -0.1) is 0 Å². The Labute approximate surface area is 158 Å². The Kier molecular flexibility index (Phi) is 6.21. The van der Waals surface area contributed by atoms with E-state index in [2.05, 4.69) is 0 Å². The number of aryl methyl sites for hydroxylation is 1. The predicted molar refractivity (Wildman–Crippen MR) is 102 cm³/mol. The summed E-state index contributed by atoms with van der Waals surface area (Å²) in [6, 6.07) is 6.82. The average molecular weight is 379 g/mol. The summed E-state index contributed by atoms with van der Waals surface area (Å²) in [4.78, 5) is 14.5. The zero-order chi connectivity index (χ0) is 19.4. The number of methoxy groups -OCH3 is 3. The maximum atomic E-state index is 12.9. The van der Waals surface area contributed by atoms with Gasteiger partial charge in [0.25, 0.3) is 5.91 Å². The molecule has 2 rings (SSSR count). The maximum Gasteiger partial charge on any atom is 0.257 e. The van der Waals surface area contributed by atoms with Gasteiger partial charge in [-0.05, 0) is 36.2 Å². The third-order valence-corrected chi connectivity index (χ3v) is 4.47. The number of halogens is 1. The number of carbonyl (C=O) groups excluding carboxylic acids is 1. The molecule has 0 saturated carbocycles. The fourth-order valence-corrected chi connectivity index (χ4v) is 2.79. The fraction of sp³-hybridized carbons (Fsp3) is 0.316. The molecule has 2 aromatic carbocycles. The number of hydrogen-bond donors (Lipinski definition) is 1. The highest BCUT2D eigenvalue weighted by atomic mass is 35.5. The SMILES string of the molecule is COc1cc(C)c(CN(C)C(=O)c2cc(Cl)c(N)cc2OC)cc1OC. The topological polar surface area (TPSA) is 74.0 Å². The lowest BCUT2D eigenvalue weighted by Crippen LogP contribution is -2.27. The number of benzene rings is 2. The largest absolute Gasteiger partial charge is 0.496 e. The van der Waals surface area contributed by atoms with Crippen molar-refractivity contribution in [1.29, 1.82) is 0 Å². The third kappa shape index (κ3) is 3.96. The summed E-state index contributed by atoms with van der Waals surface area (Å²) < 4.78 is 15.9. The minimum absolute atomic E-state index is 0.224. The molecule has 0 spiro atoms. The van der Waals surface area contributed by atoms with E-state index in [-0.39, 0.29) is 5.91 Å². The summed E-state index contributed by atoms with van der Waals surface area (Å²) in [5.74, 6) is 1.42. The number of rotatable bonds is 6. The van der Waals surface area contributed by atoms with Crippen molar-refractivity contribution in [3.8, 4) is 17.2 Å². The van der Waals surface area contributed by atoms with Crippen LogP contribution in [0.1, 0.15) is 21.5 Å². The van der Waals surface area contributed by atoms with Gasteiger partial charge in [-0.1, -0.05) is 11.6 Å². The summed E-state index contributed by atoms with van der Waals surface area (Å²) in [7, 11) is 6.36. The van der Waals surface area contributed by atoms with Crippen LogP contribution < -0.4 is 19.9 Å². The first kappa shape index (κ1) is 19.7. The first-order valence-electron chi connectivity index (χ1n) is 7.92. The molecule has 2 aromatic rings. The quantitative estimate of drug-likeness (QED) is 0.778. The number of nitrogen functional groups attached to an aromatic ring is 1. The molecule has 0 aliphatic rings. The van der Waals surface area contributed by atoms with Crippen LogP contribution >= 0.6 is 11.6 Å². The van der Waals surface area contributed by atoms with E-state index in [1.807, 2.05) is 19.1 Å². The molecule has 0 radical (unpaired) electrons. The molecule has 26 heavy (non-hydrogen) atoms. The van der Waals surface area contributed by atoms with Crippen LogP contribution in [0.15, 0.2) is 24.3 Å². The zero-order valence-electron chi connectivity index (χ0n) is 15.6. The minimum Gasteiger partial charge on any atom is -0.496 e. The van der Waals surface area contributed by atoms with Crippen LogP contribution in [0.3, 0.4) is 0 Å². The zero-order valence-corrected chi connectivity index (χ0v) is 16.3. The smallest absolute Gasteiger partial charge is 0.257 e. The van der Waals surface area contributed by atoms with E-state index in [1.54, 1.807) is 32.2 Å². The molecule has 0 unspecified atom stereocenters. The van der Waals surface area contributed by atoms with Crippen molar-refractivity contribution in [3.63, 3.8) is 0 Å². The minimum atomic E-state index is -0.224. The summed E-state index contributed by atoms with van der Waals surface area (Å²) in [6.45, 7) is 2.34. The Bertz CT molecular complexity index is 824. The van der Waals surface area contributed by atoms with Gasteiger partial charge in [0.2, 0.25) is 0 Å². The second kappa shape index (κ2) is 8.19. The molecular weight excluding hydrogens is 356 g/mol. The maximum absolute atomic E-state index is 12.9. The molecule has 140 valence electrons. The Morgan fingerprint density at radius 3 is 2.19 bits per heavy atom. The fourth-order valence-electron chi connectivity index (χ4n) is 2.63. The van der Waals surface area contributed by atoms with Gasteiger partial charge < -0.3 is 24.8 Å². The molecule has 7 heteroatoms.